The molecule has 0 spiro atoms. The molecule has 2 saturated heterocycles. The van der Waals surface area contributed by atoms with E-state index in [2.05, 4.69) is 0 Å². The quantitative estimate of drug-likeness (QED) is 0.845. The first-order valence-corrected chi connectivity index (χ1v) is 8.23. The molecule has 0 radical (unpaired) electrons. The van der Waals surface area contributed by atoms with Crippen LogP contribution in [0, 0.1) is 11.8 Å². The first kappa shape index (κ1) is 14.8. The number of aliphatic hydroxyl groups is 1. The van der Waals surface area contributed by atoms with Crippen LogP contribution in [0.15, 0.2) is 0 Å². The molecule has 3 rings (SSSR count). The molecule has 3 aliphatic rings. The van der Waals surface area contributed by atoms with Gasteiger partial charge in [-0.15, -0.1) is 0 Å². The van der Waals surface area contributed by atoms with Crippen LogP contribution in [0.1, 0.15) is 45.4 Å². The van der Waals surface area contributed by atoms with Crippen LogP contribution < -0.4 is 0 Å². The van der Waals surface area contributed by atoms with Gasteiger partial charge in [0.05, 0.1) is 11.5 Å². The van der Waals surface area contributed by atoms with Gasteiger partial charge >= 0.3 is 0 Å². The van der Waals surface area contributed by atoms with Crippen LogP contribution >= 0.6 is 0 Å². The molecule has 1 aliphatic carbocycles. The molecule has 0 bridgehead atoms. The van der Waals surface area contributed by atoms with E-state index in [0.29, 0.717) is 38.4 Å². The minimum absolute atomic E-state index is 0.111. The third-order valence-corrected chi connectivity index (χ3v) is 5.11. The summed E-state index contributed by atoms with van der Waals surface area (Å²) in [5.74, 6) is 0.761. The molecule has 21 heavy (non-hydrogen) atoms. The van der Waals surface area contributed by atoms with Crippen molar-refractivity contribution in [1.82, 2.24) is 9.80 Å². The fourth-order valence-electron chi connectivity index (χ4n) is 3.47. The average Bonchev–Trinajstić information content (AvgIpc) is 3.18. The summed E-state index contributed by atoms with van der Waals surface area (Å²) in [5, 5.41) is 10.1. The maximum Gasteiger partial charge on any atom is 0.227 e. The van der Waals surface area contributed by atoms with E-state index in [1.54, 1.807) is 0 Å². The summed E-state index contributed by atoms with van der Waals surface area (Å²) in [4.78, 5) is 28.4. The standard InChI is InChI=1S/C16H26N2O3/c1-16(21)5-2-7-17(8-6-16)15(20)13-9-14(19)18(11-13)10-12-3-4-12/h12-13,21H,2-11H2,1H3. The van der Waals surface area contributed by atoms with Crippen molar-refractivity contribution in [1.29, 1.82) is 0 Å². The molecule has 1 N–H and O–H groups in total. The van der Waals surface area contributed by atoms with E-state index in [1.807, 2.05) is 16.7 Å². The third kappa shape index (κ3) is 3.57. The predicted molar refractivity (Wildman–Crippen MR) is 78.5 cm³/mol. The Bertz CT molecular complexity index is 431. The molecule has 2 atom stereocenters. The van der Waals surface area contributed by atoms with Gasteiger partial charge in [0.2, 0.25) is 11.8 Å². The lowest BCUT2D eigenvalue weighted by Gasteiger charge is -2.25. The highest BCUT2D eigenvalue weighted by atomic mass is 16.3. The van der Waals surface area contributed by atoms with Crippen molar-refractivity contribution in [3.8, 4) is 0 Å². The molecular formula is C16H26N2O3. The van der Waals surface area contributed by atoms with Gasteiger partial charge in [0.1, 0.15) is 0 Å². The van der Waals surface area contributed by atoms with Crippen molar-refractivity contribution >= 4 is 11.8 Å². The lowest BCUT2D eigenvalue weighted by Crippen LogP contribution is -2.39. The smallest absolute Gasteiger partial charge is 0.227 e. The zero-order chi connectivity index (χ0) is 15.0. The lowest BCUT2D eigenvalue weighted by atomic mass is 9.98. The largest absolute Gasteiger partial charge is 0.390 e. The second-order valence-corrected chi connectivity index (χ2v) is 7.32. The number of amides is 2. The number of carbonyl (C=O) groups excluding carboxylic acids is 2. The first-order valence-electron chi connectivity index (χ1n) is 8.23. The van der Waals surface area contributed by atoms with Gasteiger partial charge in [-0.1, -0.05) is 0 Å². The fourth-order valence-corrected chi connectivity index (χ4v) is 3.47. The van der Waals surface area contributed by atoms with Gasteiger partial charge in [-0.3, -0.25) is 9.59 Å². The van der Waals surface area contributed by atoms with Crippen LogP contribution in [0.5, 0.6) is 0 Å². The summed E-state index contributed by atoms with van der Waals surface area (Å²) in [6.07, 6.45) is 5.04. The van der Waals surface area contributed by atoms with Crippen molar-refractivity contribution in [3.63, 3.8) is 0 Å². The van der Waals surface area contributed by atoms with E-state index < -0.39 is 5.60 Å². The molecule has 5 nitrogen and oxygen atoms in total. The highest BCUT2D eigenvalue weighted by molar-refractivity contribution is 5.89. The van der Waals surface area contributed by atoms with E-state index in [0.717, 1.165) is 19.4 Å². The van der Waals surface area contributed by atoms with Gasteiger partial charge in [0.15, 0.2) is 0 Å². The Balaban J connectivity index is 1.56. The zero-order valence-electron chi connectivity index (χ0n) is 12.9. The second kappa shape index (κ2) is 5.59. The SMILES string of the molecule is CC1(O)CCCN(C(=O)C2CC(=O)N(CC3CC3)C2)CC1. The molecular weight excluding hydrogens is 268 g/mol. The zero-order valence-corrected chi connectivity index (χ0v) is 12.9. The van der Waals surface area contributed by atoms with Crippen LogP contribution in [0.25, 0.3) is 0 Å². The molecule has 2 aliphatic heterocycles. The Morgan fingerprint density at radius 3 is 2.81 bits per heavy atom. The molecule has 2 heterocycles. The predicted octanol–water partition coefficient (Wildman–Crippen LogP) is 1.01. The summed E-state index contributed by atoms with van der Waals surface area (Å²) >= 11 is 0. The molecule has 2 amide bonds. The van der Waals surface area contributed by atoms with Gasteiger partial charge in [-0.25, -0.2) is 0 Å². The fraction of sp³-hybridized carbons (Fsp3) is 0.875. The van der Waals surface area contributed by atoms with Crippen molar-refractivity contribution in [2.24, 2.45) is 11.8 Å². The van der Waals surface area contributed by atoms with Gasteiger partial charge in [-0.2, -0.15) is 0 Å². The summed E-state index contributed by atoms with van der Waals surface area (Å²) in [6, 6.07) is 0. The van der Waals surface area contributed by atoms with Crippen LogP contribution in [0.3, 0.4) is 0 Å². The molecule has 5 heteroatoms. The van der Waals surface area contributed by atoms with E-state index in [4.69, 9.17) is 0 Å². The Kier molecular flexibility index (Phi) is 3.95. The van der Waals surface area contributed by atoms with Crippen LogP contribution in [0.4, 0.5) is 0 Å². The first-order chi connectivity index (χ1) is 9.94. The maximum atomic E-state index is 12.6. The number of nitrogens with zero attached hydrogens (tertiary/aromatic N) is 2. The second-order valence-electron chi connectivity index (χ2n) is 7.32. The molecule has 0 aromatic heterocycles. The molecule has 3 fully saturated rings. The topological polar surface area (TPSA) is 60.9 Å². The highest BCUT2D eigenvalue weighted by Gasteiger charge is 2.39. The summed E-state index contributed by atoms with van der Waals surface area (Å²) in [6.45, 7) is 4.61. The van der Waals surface area contributed by atoms with E-state index in [-0.39, 0.29) is 17.7 Å². The Morgan fingerprint density at radius 2 is 2.10 bits per heavy atom. The molecule has 118 valence electrons. The molecule has 0 aromatic rings. The normalized spacial score (nSPS) is 34.2. The number of hydrogen-bond donors (Lipinski definition) is 1. The Hall–Kier alpha value is -1.10. The maximum absolute atomic E-state index is 12.6. The Morgan fingerprint density at radius 1 is 1.33 bits per heavy atom. The van der Waals surface area contributed by atoms with Crippen LogP contribution in [0.2, 0.25) is 0 Å². The van der Waals surface area contributed by atoms with E-state index >= 15 is 0 Å². The molecule has 0 aromatic carbocycles. The summed E-state index contributed by atoms with van der Waals surface area (Å²) < 4.78 is 0. The number of rotatable bonds is 3. The van der Waals surface area contributed by atoms with Gasteiger partial charge < -0.3 is 14.9 Å². The lowest BCUT2D eigenvalue weighted by molar-refractivity contribution is -0.136. The minimum atomic E-state index is -0.654. The van der Waals surface area contributed by atoms with Crippen LogP contribution in [-0.2, 0) is 9.59 Å². The van der Waals surface area contributed by atoms with Gasteiger partial charge in [-0.05, 0) is 44.9 Å². The Labute approximate surface area is 126 Å². The van der Waals surface area contributed by atoms with Crippen molar-refractivity contribution < 1.29 is 14.7 Å². The summed E-state index contributed by atoms with van der Waals surface area (Å²) in [7, 11) is 0. The molecule has 1 saturated carbocycles. The highest BCUT2D eigenvalue weighted by Crippen LogP contribution is 2.32. The number of carbonyl (C=O) groups is 2. The third-order valence-electron chi connectivity index (χ3n) is 5.11. The van der Waals surface area contributed by atoms with Crippen molar-refractivity contribution in [3.05, 3.63) is 0 Å². The minimum Gasteiger partial charge on any atom is -0.390 e. The van der Waals surface area contributed by atoms with Crippen molar-refractivity contribution in [2.45, 2.75) is 51.0 Å². The summed E-state index contributed by atoms with van der Waals surface area (Å²) in [5.41, 5.74) is -0.654. The average molecular weight is 294 g/mol. The number of hydrogen-bond acceptors (Lipinski definition) is 3. The van der Waals surface area contributed by atoms with Gasteiger partial charge in [0, 0.05) is 32.6 Å². The molecule has 2 unspecified atom stereocenters. The van der Waals surface area contributed by atoms with Crippen LogP contribution in [-0.4, -0.2) is 58.5 Å². The monoisotopic (exact) mass is 294 g/mol. The number of likely N-dealkylation sites (tertiary alicyclic amines) is 2. The van der Waals surface area contributed by atoms with Gasteiger partial charge in [0.25, 0.3) is 0 Å². The van der Waals surface area contributed by atoms with Crippen molar-refractivity contribution in [2.75, 3.05) is 26.2 Å². The van der Waals surface area contributed by atoms with E-state index in [1.165, 1.54) is 12.8 Å². The van der Waals surface area contributed by atoms with E-state index in [9.17, 15) is 14.7 Å².